The Balaban J connectivity index is 1.23. The van der Waals surface area contributed by atoms with Gasteiger partial charge in [-0.2, -0.15) is 20.3 Å². The molecule has 4 aliphatic rings. The largest absolute Gasteiger partial charge is 0.465 e. The van der Waals surface area contributed by atoms with Crippen LogP contribution in [-0.2, 0) is 17.7 Å². The molecule has 1 amide bonds. The Hall–Kier alpha value is -4.29. The molecule has 1 unspecified atom stereocenters. The van der Waals surface area contributed by atoms with Crippen molar-refractivity contribution in [3.8, 4) is 12.1 Å². The van der Waals surface area contributed by atoms with Crippen molar-refractivity contribution in [1.29, 1.82) is 5.26 Å². The third-order valence-corrected chi connectivity index (χ3v) is 10.6. The van der Waals surface area contributed by atoms with Crippen molar-refractivity contribution >= 4 is 28.5 Å². The zero-order valence-electron chi connectivity index (χ0n) is 28.2. The van der Waals surface area contributed by atoms with Crippen LogP contribution in [0.4, 0.5) is 25.1 Å². The van der Waals surface area contributed by atoms with Crippen molar-refractivity contribution < 1.29 is 28.2 Å². The van der Waals surface area contributed by atoms with Crippen LogP contribution in [-0.4, -0.2) is 112 Å². The minimum Gasteiger partial charge on any atom is -0.465 e. The quantitative estimate of drug-likeness (QED) is 0.378. The molecule has 262 valence electrons. The van der Waals surface area contributed by atoms with E-state index in [0.29, 0.717) is 38.4 Å². The van der Waals surface area contributed by atoms with Gasteiger partial charge in [0.2, 0.25) is 0 Å². The fourth-order valence-electron chi connectivity index (χ4n) is 7.85. The predicted molar refractivity (Wildman–Crippen MR) is 177 cm³/mol. The van der Waals surface area contributed by atoms with Crippen LogP contribution in [0.15, 0.2) is 12.3 Å². The molecule has 49 heavy (non-hydrogen) atoms. The molecule has 2 aromatic heterocycles. The summed E-state index contributed by atoms with van der Waals surface area (Å²) in [6.07, 6.45) is 4.23. The lowest BCUT2D eigenvalue weighted by Gasteiger charge is -2.41. The van der Waals surface area contributed by atoms with E-state index >= 15 is 0 Å². The first-order valence-electron chi connectivity index (χ1n) is 17.1. The summed E-state index contributed by atoms with van der Waals surface area (Å²) in [7, 11) is 1.66. The first-order chi connectivity index (χ1) is 23.5. The highest BCUT2D eigenvalue weighted by molar-refractivity contribution is 5.95. The minimum absolute atomic E-state index is 0.0118. The van der Waals surface area contributed by atoms with Gasteiger partial charge >= 0.3 is 12.1 Å². The molecule has 0 spiro atoms. The number of anilines is 2. The molecule has 0 radical (unpaired) electrons. The van der Waals surface area contributed by atoms with Gasteiger partial charge in [-0.05, 0) is 63.8 Å². The molecular formula is C34H43F2N9O4. The molecule has 1 N–H and O–H groups in total. The minimum atomic E-state index is -2.78. The molecule has 4 aliphatic heterocycles. The van der Waals surface area contributed by atoms with Crippen LogP contribution in [0.5, 0.6) is 6.01 Å². The van der Waals surface area contributed by atoms with E-state index in [1.54, 1.807) is 11.9 Å². The first-order valence-corrected chi connectivity index (χ1v) is 17.1. The molecule has 0 bridgehead atoms. The second kappa shape index (κ2) is 13.2. The van der Waals surface area contributed by atoms with Crippen molar-refractivity contribution in [3.63, 3.8) is 0 Å². The number of ether oxygens (including phenoxy) is 2. The van der Waals surface area contributed by atoms with E-state index in [4.69, 9.17) is 24.5 Å². The Labute approximate surface area is 284 Å². The van der Waals surface area contributed by atoms with Gasteiger partial charge in [-0.3, -0.25) is 4.90 Å². The summed E-state index contributed by atoms with van der Waals surface area (Å²) in [5.74, 6) is -2.13. The highest BCUT2D eigenvalue weighted by Gasteiger charge is 2.43. The monoisotopic (exact) mass is 679 g/mol. The Morgan fingerprint density at radius 1 is 1.18 bits per heavy atom. The van der Waals surface area contributed by atoms with E-state index in [1.165, 1.54) is 4.90 Å². The van der Waals surface area contributed by atoms with E-state index in [2.05, 4.69) is 30.9 Å². The summed E-state index contributed by atoms with van der Waals surface area (Å²) in [6, 6.07) is 3.40. The number of hydrogen-bond donors (Lipinski definition) is 1. The SMILES string of the molecule is Cc1cc2c(cnn2C2CCCCO2)c(N2CCc3c(nc(OC[C@@H]4CC(F)(F)CN4C)nc3N3CCN(C(=O)O)[C@@H](CC#N)C3)C2)c1C. The number of aryl methyl sites for hydroxylation is 1. The number of nitriles is 1. The van der Waals surface area contributed by atoms with Crippen LogP contribution in [0.25, 0.3) is 10.9 Å². The molecule has 0 aliphatic carbocycles. The van der Waals surface area contributed by atoms with Crippen LogP contribution in [0.2, 0.25) is 0 Å². The van der Waals surface area contributed by atoms with E-state index in [-0.39, 0.29) is 44.8 Å². The molecule has 3 fully saturated rings. The van der Waals surface area contributed by atoms with E-state index < -0.39 is 24.1 Å². The Kier molecular flexibility index (Phi) is 8.95. The van der Waals surface area contributed by atoms with E-state index in [0.717, 1.165) is 64.8 Å². The number of amides is 1. The Morgan fingerprint density at radius 2 is 2.02 bits per heavy atom. The van der Waals surface area contributed by atoms with Gasteiger partial charge in [-0.25, -0.2) is 18.3 Å². The number of benzene rings is 1. The molecule has 15 heteroatoms. The first kappa shape index (κ1) is 33.2. The standard InChI is InChI=1S/C34H43F2N9O4/c1-21-14-28-26(16-38-45(28)29-6-4-5-13-48-29)30(22(21)2)42-10-8-25-27(18-42)39-32(49-19-24-15-34(35,36)20-41(24)3)40-31(25)43-11-12-44(33(46)47)23(17-43)7-9-37/h14,16,23-24,29H,4-8,10-13,15,17-20H2,1-3H3,(H,46,47)/t23-,24-,29?/m0/s1. The van der Waals surface area contributed by atoms with Gasteiger partial charge in [0, 0.05) is 56.2 Å². The number of carboxylic acid groups (broad SMARTS) is 1. The number of carbonyl (C=O) groups is 1. The summed E-state index contributed by atoms with van der Waals surface area (Å²) >= 11 is 0. The van der Waals surface area contributed by atoms with Crippen molar-refractivity contribution in [2.24, 2.45) is 0 Å². The molecule has 3 atom stereocenters. The average Bonchev–Trinajstić information content (AvgIpc) is 3.61. The number of aromatic nitrogens is 4. The van der Waals surface area contributed by atoms with Crippen molar-refractivity contribution in [2.75, 3.05) is 62.8 Å². The molecule has 3 aromatic rings. The zero-order chi connectivity index (χ0) is 34.4. The third kappa shape index (κ3) is 6.43. The number of hydrogen-bond acceptors (Lipinski definition) is 10. The molecule has 3 saturated heterocycles. The van der Waals surface area contributed by atoms with Crippen LogP contribution < -0.4 is 14.5 Å². The molecule has 6 heterocycles. The number of nitrogens with zero attached hydrogens (tertiary/aromatic N) is 9. The lowest BCUT2D eigenvalue weighted by atomic mass is 9.99. The highest BCUT2D eigenvalue weighted by Crippen LogP contribution is 2.39. The van der Waals surface area contributed by atoms with Gasteiger partial charge in [-0.15, -0.1) is 0 Å². The maximum Gasteiger partial charge on any atom is 0.407 e. The second-order valence-electron chi connectivity index (χ2n) is 13.8. The Bertz CT molecular complexity index is 1770. The van der Waals surface area contributed by atoms with E-state index in [1.807, 2.05) is 15.8 Å². The van der Waals surface area contributed by atoms with Crippen LogP contribution in [0.3, 0.4) is 0 Å². The number of fused-ring (bicyclic) bond motifs is 2. The van der Waals surface area contributed by atoms with Gasteiger partial charge < -0.3 is 29.3 Å². The molecule has 0 saturated carbocycles. The number of likely N-dealkylation sites (N-methyl/N-ethyl adjacent to an activating group) is 1. The molecule has 7 rings (SSSR count). The fraction of sp³-hybridized carbons (Fsp3) is 0.618. The predicted octanol–water partition coefficient (Wildman–Crippen LogP) is 4.51. The van der Waals surface area contributed by atoms with E-state index in [9.17, 15) is 23.9 Å². The maximum absolute atomic E-state index is 14.2. The number of halogens is 2. The summed E-state index contributed by atoms with van der Waals surface area (Å²) in [4.78, 5) is 28.9. The summed E-state index contributed by atoms with van der Waals surface area (Å²) < 4.78 is 42.5. The van der Waals surface area contributed by atoms with Gasteiger partial charge in [0.15, 0.2) is 6.23 Å². The third-order valence-electron chi connectivity index (χ3n) is 10.6. The summed E-state index contributed by atoms with van der Waals surface area (Å²) in [6.45, 7) is 6.70. The molecular weight excluding hydrogens is 636 g/mol. The maximum atomic E-state index is 14.2. The zero-order valence-corrected chi connectivity index (χ0v) is 28.2. The summed E-state index contributed by atoms with van der Waals surface area (Å²) in [5, 5.41) is 25.1. The van der Waals surface area contributed by atoms with Gasteiger partial charge in [0.25, 0.3) is 5.92 Å². The fourth-order valence-corrected chi connectivity index (χ4v) is 7.85. The second-order valence-corrected chi connectivity index (χ2v) is 13.8. The smallest absolute Gasteiger partial charge is 0.407 e. The number of likely N-dealkylation sites (tertiary alicyclic amines) is 1. The van der Waals surface area contributed by atoms with Crippen LogP contribution in [0, 0.1) is 25.2 Å². The van der Waals surface area contributed by atoms with Gasteiger partial charge in [0.05, 0.1) is 54.7 Å². The van der Waals surface area contributed by atoms with Crippen LogP contribution >= 0.6 is 0 Å². The lowest BCUT2D eigenvalue weighted by molar-refractivity contribution is -0.0366. The normalized spacial score (nSPS) is 24.2. The number of alkyl halides is 2. The Morgan fingerprint density at radius 3 is 2.73 bits per heavy atom. The van der Waals surface area contributed by atoms with Crippen molar-refractivity contribution in [3.05, 3.63) is 34.6 Å². The van der Waals surface area contributed by atoms with Crippen LogP contribution in [0.1, 0.15) is 60.7 Å². The average molecular weight is 680 g/mol. The number of piperazine rings is 1. The highest BCUT2D eigenvalue weighted by atomic mass is 19.3. The van der Waals surface area contributed by atoms with Crippen molar-refractivity contribution in [1.82, 2.24) is 29.5 Å². The van der Waals surface area contributed by atoms with Gasteiger partial charge in [-0.1, -0.05) is 0 Å². The topological polar surface area (TPSA) is 136 Å². The number of rotatable bonds is 7. The summed E-state index contributed by atoms with van der Waals surface area (Å²) in [5.41, 5.74) is 6.13. The molecule has 1 aromatic carbocycles. The lowest BCUT2D eigenvalue weighted by Crippen LogP contribution is -2.55. The molecule has 13 nitrogen and oxygen atoms in total. The van der Waals surface area contributed by atoms with Gasteiger partial charge in [0.1, 0.15) is 12.4 Å². The van der Waals surface area contributed by atoms with Crippen molar-refractivity contribution in [2.45, 2.75) is 83.2 Å².